The van der Waals surface area contributed by atoms with Gasteiger partial charge in [-0.3, -0.25) is 4.79 Å². The Kier molecular flexibility index (Phi) is 6.58. The molecule has 1 atom stereocenters. The summed E-state index contributed by atoms with van der Waals surface area (Å²) in [7, 11) is 0. The second-order valence-corrected chi connectivity index (χ2v) is 9.06. The molecule has 176 valence electrons. The number of fused-ring (bicyclic) bond motifs is 4. The largest absolute Gasteiger partial charge is 0.480 e. The average molecular weight is 454 g/mol. The van der Waals surface area contributed by atoms with Gasteiger partial charge in [-0.1, -0.05) is 19.8 Å². The summed E-state index contributed by atoms with van der Waals surface area (Å²) < 4.78 is 11.8. The number of furan rings is 1. The minimum absolute atomic E-state index is 0.0232. The fourth-order valence-electron chi connectivity index (χ4n) is 4.88. The van der Waals surface area contributed by atoms with Crippen LogP contribution in [0.3, 0.4) is 0 Å². The maximum atomic E-state index is 12.8. The van der Waals surface area contributed by atoms with E-state index in [4.69, 9.17) is 8.83 Å². The molecule has 7 heteroatoms. The fourth-order valence-corrected chi connectivity index (χ4v) is 4.88. The molecule has 1 aliphatic carbocycles. The molecule has 0 spiro atoms. The molecule has 33 heavy (non-hydrogen) atoms. The van der Waals surface area contributed by atoms with Gasteiger partial charge in [-0.2, -0.15) is 0 Å². The molecule has 0 radical (unpaired) electrons. The Bertz CT molecular complexity index is 1280. The number of aryl methyl sites for hydroxylation is 4. The van der Waals surface area contributed by atoms with Crippen LogP contribution < -0.4 is 10.9 Å². The summed E-state index contributed by atoms with van der Waals surface area (Å²) in [6.45, 7) is 5.76. The van der Waals surface area contributed by atoms with E-state index in [0.717, 1.165) is 71.8 Å². The number of carboxylic acids is 1. The fraction of sp³-hybridized carbons (Fsp3) is 0.500. The van der Waals surface area contributed by atoms with Gasteiger partial charge in [0, 0.05) is 40.3 Å². The molecule has 2 heterocycles. The number of aliphatic carboxylic acids is 1. The predicted molar refractivity (Wildman–Crippen MR) is 126 cm³/mol. The Morgan fingerprint density at radius 1 is 1.09 bits per heavy atom. The summed E-state index contributed by atoms with van der Waals surface area (Å²) in [5.41, 5.74) is 4.17. The van der Waals surface area contributed by atoms with Crippen LogP contribution in [0.15, 0.2) is 19.7 Å². The van der Waals surface area contributed by atoms with Gasteiger partial charge in [0.05, 0.1) is 0 Å². The SMILES string of the molecule is CCCC[C@H](NC(=O)CCc1c(C)c2cc3c4c(oc3c(C)c2oc1=O)CCCC4)C(=O)O. The van der Waals surface area contributed by atoms with Crippen LogP contribution in [0.25, 0.3) is 21.9 Å². The number of benzene rings is 1. The van der Waals surface area contributed by atoms with Crippen LogP contribution >= 0.6 is 0 Å². The van der Waals surface area contributed by atoms with E-state index in [1.54, 1.807) is 0 Å². The Labute approximate surface area is 192 Å². The molecule has 2 N–H and O–H groups in total. The first-order chi connectivity index (χ1) is 15.8. The van der Waals surface area contributed by atoms with Crippen LogP contribution in [-0.2, 0) is 28.9 Å². The van der Waals surface area contributed by atoms with Gasteiger partial charge in [-0.05, 0) is 57.6 Å². The Morgan fingerprint density at radius 2 is 1.82 bits per heavy atom. The van der Waals surface area contributed by atoms with Crippen LogP contribution in [0.4, 0.5) is 0 Å². The number of unbranched alkanes of at least 4 members (excludes halogenated alkanes) is 1. The minimum atomic E-state index is -1.04. The van der Waals surface area contributed by atoms with Crippen molar-refractivity contribution in [2.24, 2.45) is 0 Å². The number of nitrogens with one attached hydrogen (secondary N) is 1. The lowest BCUT2D eigenvalue weighted by Crippen LogP contribution is -2.40. The van der Waals surface area contributed by atoms with Gasteiger partial charge >= 0.3 is 11.6 Å². The van der Waals surface area contributed by atoms with Gasteiger partial charge in [0.2, 0.25) is 5.91 Å². The molecule has 4 rings (SSSR count). The highest BCUT2D eigenvalue weighted by Crippen LogP contribution is 2.37. The van der Waals surface area contributed by atoms with Crippen molar-refractivity contribution in [1.82, 2.24) is 5.32 Å². The Balaban J connectivity index is 1.63. The molecule has 0 saturated heterocycles. The van der Waals surface area contributed by atoms with Gasteiger partial charge in [0.25, 0.3) is 0 Å². The number of rotatable bonds is 8. The normalized spacial score (nSPS) is 14.4. The zero-order chi connectivity index (χ0) is 23.7. The third kappa shape index (κ3) is 4.41. The average Bonchev–Trinajstić information content (AvgIpc) is 3.16. The highest BCUT2D eigenvalue weighted by molar-refractivity contribution is 6.00. The second kappa shape index (κ2) is 9.41. The van der Waals surface area contributed by atoms with E-state index in [-0.39, 0.29) is 18.7 Å². The first-order valence-corrected chi connectivity index (χ1v) is 11.8. The first kappa shape index (κ1) is 23.1. The maximum absolute atomic E-state index is 12.8. The van der Waals surface area contributed by atoms with Crippen molar-refractivity contribution < 1.29 is 23.5 Å². The summed E-state index contributed by atoms with van der Waals surface area (Å²) in [6.07, 6.45) is 6.34. The van der Waals surface area contributed by atoms with E-state index in [1.165, 1.54) is 5.56 Å². The summed E-state index contributed by atoms with van der Waals surface area (Å²) in [6, 6.07) is 1.15. The zero-order valence-corrected chi connectivity index (χ0v) is 19.5. The molecular weight excluding hydrogens is 422 g/mol. The summed E-state index contributed by atoms with van der Waals surface area (Å²) in [5, 5.41) is 13.8. The van der Waals surface area contributed by atoms with Crippen LogP contribution in [0.2, 0.25) is 0 Å². The number of amides is 1. The van der Waals surface area contributed by atoms with Crippen LogP contribution in [-0.4, -0.2) is 23.0 Å². The molecule has 7 nitrogen and oxygen atoms in total. The van der Waals surface area contributed by atoms with Crippen LogP contribution in [0, 0.1) is 13.8 Å². The third-order valence-corrected chi connectivity index (χ3v) is 6.81. The number of carbonyl (C=O) groups excluding carboxylic acids is 1. The lowest BCUT2D eigenvalue weighted by Gasteiger charge is -2.14. The molecule has 0 aliphatic heterocycles. The van der Waals surface area contributed by atoms with Crippen molar-refractivity contribution in [2.75, 3.05) is 0 Å². The molecule has 1 aromatic carbocycles. The first-order valence-electron chi connectivity index (χ1n) is 11.8. The Hall–Kier alpha value is -3.09. The highest BCUT2D eigenvalue weighted by Gasteiger charge is 2.24. The van der Waals surface area contributed by atoms with Gasteiger partial charge in [-0.25, -0.2) is 9.59 Å². The van der Waals surface area contributed by atoms with E-state index in [2.05, 4.69) is 11.4 Å². The maximum Gasteiger partial charge on any atom is 0.339 e. The predicted octanol–water partition coefficient (Wildman–Crippen LogP) is 4.73. The van der Waals surface area contributed by atoms with E-state index >= 15 is 0 Å². The van der Waals surface area contributed by atoms with Crippen molar-refractivity contribution in [2.45, 2.75) is 84.6 Å². The van der Waals surface area contributed by atoms with E-state index in [0.29, 0.717) is 17.6 Å². The molecule has 3 aromatic rings. The van der Waals surface area contributed by atoms with Gasteiger partial charge < -0.3 is 19.3 Å². The summed E-state index contributed by atoms with van der Waals surface area (Å²) >= 11 is 0. The minimum Gasteiger partial charge on any atom is -0.480 e. The molecule has 2 aromatic heterocycles. The smallest absolute Gasteiger partial charge is 0.339 e. The second-order valence-electron chi connectivity index (χ2n) is 9.06. The van der Waals surface area contributed by atoms with Crippen molar-refractivity contribution in [3.05, 3.63) is 44.5 Å². The van der Waals surface area contributed by atoms with Crippen molar-refractivity contribution in [3.8, 4) is 0 Å². The quantitative estimate of drug-likeness (QED) is 0.477. The lowest BCUT2D eigenvalue weighted by atomic mass is 9.93. The van der Waals surface area contributed by atoms with E-state index < -0.39 is 17.6 Å². The van der Waals surface area contributed by atoms with Crippen LogP contribution in [0.5, 0.6) is 0 Å². The Morgan fingerprint density at radius 3 is 2.55 bits per heavy atom. The molecule has 1 aliphatic rings. The topological polar surface area (TPSA) is 110 Å². The van der Waals surface area contributed by atoms with Gasteiger partial charge in [0.1, 0.15) is 23.0 Å². The van der Waals surface area contributed by atoms with Gasteiger partial charge in [-0.15, -0.1) is 0 Å². The molecule has 0 bridgehead atoms. The number of hydrogen-bond acceptors (Lipinski definition) is 5. The number of carbonyl (C=O) groups is 2. The summed E-state index contributed by atoms with van der Waals surface area (Å²) in [5.74, 6) is -0.392. The third-order valence-electron chi connectivity index (χ3n) is 6.81. The zero-order valence-electron chi connectivity index (χ0n) is 19.5. The monoisotopic (exact) mass is 453 g/mol. The number of hydrogen-bond donors (Lipinski definition) is 2. The molecule has 0 fully saturated rings. The van der Waals surface area contributed by atoms with Crippen molar-refractivity contribution in [1.29, 1.82) is 0 Å². The highest BCUT2D eigenvalue weighted by atomic mass is 16.4. The molecule has 0 unspecified atom stereocenters. The molecule has 0 saturated carbocycles. The van der Waals surface area contributed by atoms with Crippen LogP contribution in [0.1, 0.15) is 73.5 Å². The molecular formula is C26H31NO6. The van der Waals surface area contributed by atoms with E-state index in [9.17, 15) is 19.5 Å². The van der Waals surface area contributed by atoms with Crippen molar-refractivity contribution >= 4 is 33.8 Å². The van der Waals surface area contributed by atoms with Gasteiger partial charge in [0.15, 0.2) is 0 Å². The number of carboxylic acid groups (broad SMARTS) is 1. The standard InChI is InChI=1S/C26H31NO6/c1-4-5-9-20(25(29)30)27-22(28)12-11-16-14(2)18-13-19-17-8-6-7-10-21(17)32-24(19)15(3)23(18)33-26(16)31/h13,20H,4-12H2,1-3H3,(H,27,28)(H,29,30)/t20-/m0/s1. The lowest BCUT2D eigenvalue weighted by molar-refractivity contribution is -0.142. The molecule has 1 amide bonds. The summed E-state index contributed by atoms with van der Waals surface area (Å²) in [4.78, 5) is 36.6. The van der Waals surface area contributed by atoms with Crippen molar-refractivity contribution in [3.63, 3.8) is 0 Å². The van der Waals surface area contributed by atoms with E-state index in [1.807, 2.05) is 20.8 Å².